The first kappa shape index (κ1) is 13.5. The topological polar surface area (TPSA) is 85.1 Å². The molecule has 0 spiro atoms. The first-order chi connectivity index (χ1) is 8.24. The molecular weight excluding hydrogens is 214 g/mol. The second-order valence-corrected chi connectivity index (χ2v) is 3.99. The Hall–Kier alpha value is -1.55. The van der Waals surface area contributed by atoms with E-state index < -0.39 is 0 Å². The first-order valence-electron chi connectivity index (χ1n) is 6.01. The predicted octanol–water partition coefficient (Wildman–Crippen LogP) is 1.87. The minimum absolute atomic E-state index is 0.0818. The highest BCUT2D eigenvalue weighted by atomic mass is 16.5. The van der Waals surface area contributed by atoms with Crippen LogP contribution < -0.4 is 16.2 Å². The second-order valence-electron chi connectivity index (χ2n) is 3.99. The number of rotatable bonds is 8. The van der Waals surface area contributed by atoms with Crippen molar-refractivity contribution in [1.82, 2.24) is 0 Å². The van der Waals surface area contributed by atoms with Gasteiger partial charge in [0.2, 0.25) is 0 Å². The standard InChI is InChI=1S/C13H21N3O/c14-9-3-1-2-4-10-17-12-7-5-11(6-8-12)13(15)16/h5-8H,1-4,9-10,14H2,(H3,15,16). The smallest absolute Gasteiger partial charge is 0.122 e. The summed E-state index contributed by atoms with van der Waals surface area (Å²) in [4.78, 5) is 0. The van der Waals surface area contributed by atoms with Crippen molar-refractivity contribution in [2.45, 2.75) is 25.7 Å². The van der Waals surface area contributed by atoms with Gasteiger partial charge in [0, 0.05) is 5.56 Å². The molecule has 0 atom stereocenters. The number of amidine groups is 1. The lowest BCUT2D eigenvalue weighted by molar-refractivity contribution is 0.305. The van der Waals surface area contributed by atoms with Gasteiger partial charge < -0.3 is 16.2 Å². The number of hydrogen-bond acceptors (Lipinski definition) is 3. The lowest BCUT2D eigenvalue weighted by atomic mass is 10.2. The van der Waals surface area contributed by atoms with Crippen molar-refractivity contribution in [2.24, 2.45) is 11.5 Å². The Morgan fingerprint density at radius 3 is 2.29 bits per heavy atom. The Balaban J connectivity index is 2.21. The van der Waals surface area contributed by atoms with Crippen LogP contribution in [0.15, 0.2) is 24.3 Å². The summed E-state index contributed by atoms with van der Waals surface area (Å²) in [5.41, 5.74) is 11.5. The van der Waals surface area contributed by atoms with Crippen LogP contribution in [-0.2, 0) is 0 Å². The molecule has 5 N–H and O–H groups in total. The van der Waals surface area contributed by atoms with E-state index in [9.17, 15) is 0 Å². The van der Waals surface area contributed by atoms with Gasteiger partial charge in [-0.3, -0.25) is 5.41 Å². The normalized spacial score (nSPS) is 10.2. The number of nitrogens with two attached hydrogens (primary N) is 2. The third-order valence-corrected chi connectivity index (χ3v) is 2.53. The molecule has 1 aromatic carbocycles. The highest BCUT2D eigenvalue weighted by molar-refractivity contribution is 5.94. The van der Waals surface area contributed by atoms with Crippen LogP contribution in [0.25, 0.3) is 0 Å². The Kier molecular flexibility index (Phi) is 6.10. The number of unbranched alkanes of at least 4 members (excludes halogenated alkanes) is 3. The molecule has 0 aliphatic heterocycles. The summed E-state index contributed by atoms with van der Waals surface area (Å²) in [7, 11) is 0. The van der Waals surface area contributed by atoms with E-state index in [-0.39, 0.29) is 5.84 Å². The SMILES string of the molecule is N=C(N)c1ccc(OCCCCCCN)cc1. The highest BCUT2D eigenvalue weighted by Gasteiger charge is 1.97. The third kappa shape index (κ3) is 5.36. The first-order valence-corrected chi connectivity index (χ1v) is 6.01. The molecule has 0 saturated carbocycles. The summed E-state index contributed by atoms with van der Waals surface area (Å²) in [5.74, 6) is 0.909. The molecule has 0 saturated heterocycles. The Morgan fingerprint density at radius 1 is 1.06 bits per heavy atom. The second kappa shape index (κ2) is 7.68. The van der Waals surface area contributed by atoms with Crippen LogP contribution in [-0.4, -0.2) is 19.0 Å². The molecule has 0 aromatic heterocycles. The summed E-state index contributed by atoms with van der Waals surface area (Å²) < 4.78 is 5.58. The molecule has 0 aliphatic rings. The molecule has 0 bridgehead atoms. The van der Waals surface area contributed by atoms with Crippen LogP contribution in [0, 0.1) is 5.41 Å². The zero-order valence-electron chi connectivity index (χ0n) is 10.1. The number of benzene rings is 1. The summed E-state index contributed by atoms with van der Waals surface area (Å²) in [6, 6.07) is 7.28. The molecule has 94 valence electrons. The van der Waals surface area contributed by atoms with E-state index in [0.717, 1.165) is 43.7 Å². The zero-order chi connectivity index (χ0) is 12.5. The number of nitrogen functional groups attached to an aromatic ring is 1. The Labute approximate surface area is 102 Å². The molecule has 17 heavy (non-hydrogen) atoms. The lowest BCUT2D eigenvalue weighted by Gasteiger charge is -2.06. The largest absolute Gasteiger partial charge is 0.494 e. The Bertz CT molecular complexity index is 335. The summed E-state index contributed by atoms with van der Waals surface area (Å²) >= 11 is 0. The van der Waals surface area contributed by atoms with Crippen LogP contribution in [0.1, 0.15) is 31.2 Å². The van der Waals surface area contributed by atoms with Crippen LogP contribution in [0.3, 0.4) is 0 Å². The van der Waals surface area contributed by atoms with Crippen molar-refractivity contribution in [2.75, 3.05) is 13.2 Å². The highest BCUT2D eigenvalue weighted by Crippen LogP contribution is 2.12. The molecule has 0 heterocycles. The van der Waals surface area contributed by atoms with E-state index in [1.54, 1.807) is 12.1 Å². The van der Waals surface area contributed by atoms with Crippen LogP contribution in [0.2, 0.25) is 0 Å². The number of ether oxygens (including phenoxy) is 1. The van der Waals surface area contributed by atoms with Crippen molar-refractivity contribution in [3.05, 3.63) is 29.8 Å². The molecular formula is C13H21N3O. The van der Waals surface area contributed by atoms with E-state index in [1.165, 1.54) is 6.42 Å². The third-order valence-electron chi connectivity index (χ3n) is 2.53. The van der Waals surface area contributed by atoms with E-state index in [4.69, 9.17) is 21.6 Å². The monoisotopic (exact) mass is 235 g/mol. The summed E-state index contributed by atoms with van der Waals surface area (Å²) in [6.45, 7) is 1.50. The molecule has 0 aliphatic carbocycles. The molecule has 1 rings (SSSR count). The van der Waals surface area contributed by atoms with E-state index >= 15 is 0 Å². The van der Waals surface area contributed by atoms with Gasteiger partial charge in [-0.05, 0) is 43.7 Å². The van der Waals surface area contributed by atoms with Crippen LogP contribution in [0.5, 0.6) is 5.75 Å². The average Bonchev–Trinajstić information content (AvgIpc) is 2.34. The fraction of sp³-hybridized carbons (Fsp3) is 0.462. The fourth-order valence-electron chi connectivity index (χ4n) is 1.52. The predicted molar refractivity (Wildman–Crippen MR) is 70.5 cm³/mol. The van der Waals surface area contributed by atoms with Crippen molar-refractivity contribution in [1.29, 1.82) is 5.41 Å². The van der Waals surface area contributed by atoms with E-state index in [2.05, 4.69) is 0 Å². The summed E-state index contributed by atoms with van der Waals surface area (Å²) in [6.07, 6.45) is 4.47. The minimum atomic E-state index is 0.0818. The molecule has 0 radical (unpaired) electrons. The van der Waals surface area contributed by atoms with Gasteiger partial charge in [-0.15, -0.1) is 0 Å². The minimum Gasteiger partial charge on any atom is -0.494 e. The molecule has 0 amide bonds. The van der Waals surface area contributed by atoms with Gasteiger partial charge in [0.05, 0.1) is 6.61 Å². The van der Waals surface area contributed by atoms with Gasteiger partial charge in [0.25, 0.3) is 0 Å². The summed E-state index contributed by atoms with van der Waals surface area (Å²) in [5, 5.41) is 7.26. The quantitative estimate of drug-likeness (QED) is 0.365. The van der Waals surface area contributed by atoms with Crippen molar-refractivity contribution in [3.8, 4) is 5.75 Å². The molecule has 4 heteroatoms. The Morgan fingerprint density at radius 2 is 1.71 bits per heavy atom. The van der Waals surface area contributed by atoms with Crippen molar-refractivity contribution in [3.63, 3.8) is 0 Å². The lowest BCUT2D eigenvalue weighted by Crippen LogP contribution is -2.10. The van der Waals surface area contributed by atoms with E-state index in [1.807, 2.05) is 12.1 Å². The fourth-order valence-corrected chi connectivity index (χ4v) is 1.52. The van der Waals surface area contributed by atoms with Crippen molar-refractivity contribution >= 4 is 5.84 Å². The van der Waals surface area contributed by atoms with Gasteiger partial charge in [-0.25, -0.2) is 0 Å². The number of hydrogen-bond donors (Lipinski definition) is 3. The molecule has 1 aromatic rings. The van der Waals surface area contributed by atoms with Crippen LogP contribution >= 0.6 is 0 Å². The zero-order valence-corrected chi connectivity index (χ0v) is 10.1. The van der Waals surface area contributed by atoms with Gasteiger partial charge in [-0.2, -0.15) is 0 Å². The van der Waals surface area contributed by atoms with E-state index in [0.29, 0.717) is 0 Å². The van der Waals surface area contributed by atoms with Crippen LogP contribution in [0.4, 0.5) is 0 Å². The van der Waals surface area contributed by atoms with Crippen molar-refractivity contribution < 1.29 is 4.74 Å². The molecule has 0 fully saturated rings. The van der Waals surface area contributed by atoms with Gasteiger partial charge >= 0.3 is 0 Å². The maximum absolute atomic E-state index is 7.26. The number of nitrogens with one attached hydrogen (secondary N) is 1. The van der Waals surface area contributed by atoms with Gasteiger partial charge in [-0.1, -0.05) is 12.8 Å². The molecule has 4 nitrogen and oxygen atoms in total. The maximum atomic E-state index is 7.26. The molecule has 0 unspecified atom stereocenters. The maximum Gasteiger partial charge on any atom is 0.122 e. The van der Waals surface area contributed by atoms with Gasteiger partial charge in [0.15, 0.2) is 0 Å². The average molecular weight is 235 g/mol. The van der Waals surface area contributed by atoms with Gasteiger partial charge in [0.1, 0.15) is 11.6 Å².